The van der Waals surface area contributed by atoms with Gasteiger partial charge in [0, 0.05) is 24.5 Å². The number of anilines is 1. The molecule has 1 fully saturated rings. The van der Waals surface area contributed by atoms with E-state index in [-0.39, 0.29) is 12.1 Å². The molecule has 0 bridgehead atoms. The number of rotatable bonds is 7. The van der Waals surface area contributed by atoms with Crippen LogP contribution in [0.25, 0.3) is 0 Å². The summed E-state index contributed by atoms with van der Waals surface area (Å²) in [5.74, 6) is 0.779. The fourth-order valence-electron chi connectivity index (χ4n) is 3.18. The van der Waals surface area contributed by atoms with Crippen molar-refractivity contribution in [3.05, 3.63) is 41.2 Å². The van der Waals surface area contributed by atoms with Crippen molar-refractivity contribution >= 4 is 11.7 Å². The van der Waals surface area contributed by atoms with E-state index >= 15 is 0 Å². The molecule has 3 N–H and O–H groups in total. The SMILES string of the molecule is Cc1n[nH]c(C)c1CCNC(=O)Nc1ccc(OC[C@H]2CCCCO2)cc1. The van der Waals surface area contributed by atoms with Crippen molar-refractivity contribution in [1.29, 1.82) is 0 Å². The maximum Gasteiger partial charge on any atom is 0.319 e. The van der Waals surface area contributed by atoms with E-state index in [1.54, 1.807) is 0 Å². The lowest BCUT2D eigenvalue weighted by atomic mass is 10.1. The number of carbonyl (C=O) groups is 1. The molecule has 0 spiro atoms. The van der Waals surface area contributed by atoms with Crippen LogP contribution in [0.1, 0.15) is 36.2 Å². The number of carbonyl (C=O) groups excluding carboxylic acids is 1. The van der Waals surface area contributed by atoms with Crippen LogP contribution in [0.4, 0.5) is 10.5 Å². The van der Waals surface area contributed by atoms with Crippen molar-refractivity contribution in [2.24, 2.45) is 0 Å². The van der Waals surface area contributed by atoms with E-state index in [9.17, 15) is 4.79 Å². The molecule has 7 nitrogen and oxygen atoms in total. The lowest BCUT2D eigenvalue weighted by molar-refractivity contribution is -0.0110. The van der Waals surface area contributed by atoms with Crippen LogP contribution in [0.5, 0.6) is 5.75 Å². The van der Waals surface area contributed by atoms with Crippen molar-refractivity contribution in [3.63, 3.8) is 0 Å². The number of aryl methyl sites for hydroxylation is 2. The Kier molecular flexibility index (Phi) is 6.70. The van der Waals surface area contributed by atoms with E-state index in [0.717, 1.165) is 54.3 Å². The zero-order valence-electron chi connectivity index (χ0n) is 16.0. The second-order valence-corrected chi connectivity index (χ2v) is 6.87. The molecule has 1 aliphatic rings. The van der Waals surface area contributed by atoms with Gasteiger partial charge in [-0.2, -0.15) is 5.10 Å². The lowest BCUT2D eigenvalue weighted by Crippen LogP contribution is -2.30. The summed E-state index contributed by atoms with van der Waals surface area (Å²) in [5.41, 5.74) is 3.90. The van der Waals surface area contributed by atoms with Gasteiger partial charge >= 0.3 is 6.03 Å². The van der Waals surface area contributed by atoms with Crippen molar-refractivity contribution in [3.8, 4) is 5.75 Å². The van der Waals surface area contributed by atoms with Crippen LogP contribution < -0.4 is 15.4 Å². The van der Waals surface area contributed by atoms with Crippen LogP contribution in [0.2, 0.25) is 0 Å². The summed E-state index contributed by atoms with van der Waals surface area (Å²) < 4.78 is 11.4. The van der Waals surface area contributed by atoms with Gasteiger partial charge in [-0.1, -0.05) is 0 Å². The number of H-pyrrole nitrogens is 1. The number of nitrogens with zero attached hydrogens (tertiary/aromatic N) is 1. The minimum atomic E-state index is -0.224. The van der Waals surface area contributed by atoms with Crippen LogP contribution in [0, 0.1) is 13.8 Å². The highest BCUT2D eigenvalue weighted by Crippen LogP contribution is 2.18. The van der Waals surface area contributed by atoms with E-state index in [1.807, 2.05) is 38.1 Å². The Morgan fingerprint density at radius 3 is 2.78 bits per heavy atom. The van der Waals surface area contributed by atoms with Crippen molar-refractivity contribution < 1.29 is 14.3 Å². The first-order valence-corrected chi connectivity index (χ1v) is 9.51. The van der Waals surface area contributed by atoms with Crippen molar-refractivity contribution in [2.45, 2.75) is 45.6 Å². The van der Waals surface area contributed by atoms with Gasteiger partial charge in [0.05, 0.1) is 11.8 Å². The third-order valence-corrected chi connectivity index (χ3v) is 4.76. The summed E-state index contributed by atoms with van der Waals surface area (Å²) in [5, 5.41) is 12.8. The number of hydrogen-bond donors (Lipinski definition) is 3. The van der Waals surface area contributed by atoms with E-state index in [4.69, 9.17) is 9.47 Å². The first kappa shape index (κ1) is 19.2. The van der Waals surface area contributed by atoms with Crippen LogP contribution in [0.15, 0.2) is 24.3 Å². The predicted molar refractivity (Wildman–Crippen MR) is 104 cm³/mol. The largest absolute Gasteiger partial charge is 0.491 e. The Morgan fingerprint density at radius 2 is 2.11 bits per heavy atom. The van der Waals surface area contributed by atoms with Gasteiger partial charge in [0.2, 0.25) is 0 Å². The number of benzene rings is 1. The van der Waals surface area contributed by atoms with Gasteiger partial charge in [0.25, 0.3) is 0 Å². The van der Waals surface area contributed by atoms with Gasteiger partial charge in [0.1, 0.15) is 12.4 Å². The smallest absolute Gasteiger partial charge is 0.319 e. The highest BCUT2D eigenvalue weighted by molar-refractivity contribution is 5.89. The quantitative estimate of drug-likeness (QED) is 0.695. The Morgan fingerprint density at radius 1 is 1.30 bits per heavy atom. The zero-order valence-corrected chi connectivity index (χ0v) is 16.0. The normalized spacial score (nSPS) is 16.7. The summed E-state index contributed by atoms with van der Waals surface area (Å²) in [4.78, 5) is 12.0. The Hall–Kier alpha value is -2.54. The third-order valence-electron chi connectivity index (χ3n) is 4.76. The first-order valence-electron chi connectivity index (χ1n) is 9.51. The Bertz CT molecular complexity index is 717. The maximum absolute atomic E-state index is 12.0. The molecule has 1 aliphatic heterocycles. The molecule has 1 saturated heterocycles. The predicted octanol–water partition coefficient (Wildman–Crippen LogP) is 3.34. The van der Waals surface area contributed by atoms with Crippen LogP contribution in [-0.2, 0) is 11.2 Å². The molecular weight excluding hydrogens is 344 g/mol. The van der Waals surface area contributed by atoms with Gasteiger partial charge in [0.15, 0.2) is 0 Å². The van der Waals surface area contributed by atoms with Crippen LogP contribution in [-0.4, -0.2) is 42.1 Å². The summed E-state index contributed by atoms with van der Waals surface area (Å²) in [6, 6.07) is 7.16. The number of aromatic amines is 1. The molecule has 1 aromatic heterocycles. The molecule has 0 radical (unpaired) electrons. The summed E-state index contributed by atoms with van der Waals surface area (Å²) in [6.45, 7) is 5.89. The van der Waals surface area contributed by atoms with Gasteiger partial charge in [-0.05, 0) is 69.4 Å². The highest BCUT2D eigenvalue weighted by atomic mass is 16.5. The van der Waals surface area contributed by atoms with E-state index in [1.165, 1.54) is 6.42 Å². The summed E-state index contributed by atoms with van der Waals surface area (Å²) >= 11 is 0. The van der Waals surface area contributed by atoms with Gasteiger partial charge in [-0.3, -0.25) is 5.10 Å². The second kappa shape index (κ2) is 9.41. The highest BCUT2D eigenvalue weighted by Gasteiger charge is 2.14. The monoisotopic (exact) mass is 372 g/mol. The zero-order chi connectivity index (χ0) is 19.1. The number of amides is 2. The molecule has 1 atom stereocenters. The molecular formula is C20H28N4O3. The molecule has 7 heteroatoms. The van der Waals surface area contributed by atoms with Gasteiger partial charge in [-0.15, -0.1) is 0 Å². The standard InChI is InChI=1S/C20H28N4O3/c1-14-19(15(2)24-23-14)10-11-21-20(25)22-16-6-8-17(9-7-16)27-13-18-5-3-4-12-26-18/h6-9,18H,3-5,10-13H2,1-2H3,(H,23,24)(H2,21,22,25)/t18-/m1/s1. The van der Waals surface area contributed by atoms with Gasteiger partial charge in [-0.25, -0.2) is 4.79 Å². The lowest BCUT2D eigenvalue weighted by Gasteiger charge is -2.22. The first-order chi connectivity index (χ1) is 13.1. The molecule has 0 unspecified atom stereocenters. The van der Waals surface area contributed by atoms with Crippen LogP contribution in [0.3, 0.4) is 0 Å². The van der Waals surface area contributed by atoms with E-state index < -0.39 is 0 Å². The fraction of sp³-hybridized carbons (Fsp3) is 0.500. The molecule has 0 aliphatic carbocycles. The summed E-state index contributed by atoms with van der Waals surface area (Å²) in [7, 11) is 0. The second-order valence-electron chi connectivity index (χ2n) is 6.87. The average Bonchev–Trinajstić information content (AvgIpc) is 3.00. The number of hydrogen-bond acceptors (Lipinski definition) is 4. The summed E-state index contributed by atoms with van der Waals surface area (Å²) in [6.07, 6.45) is 4.33. The molecule has 146 valence electrons. The van der Waals surface area contributed by atoms with Crippen molar-refractivity contribution in [2.75, 3.05) is 25.1 Å². The molecule has 3 rings (SSSR count). The van der Waals surface area contributed by atoms with E-state index in [2.05, 4.69) is 20.8 Å². The molecule has 1 aromatic carbocycles. The minimum absolute atomic E-state index is 0.185. The number of nitrogens with one attached hydrogen (secondary N) is 3. The van der Waals surface area contributed by atoms with Gasteiger partial charge < -0.3 is 20.1 Å². The molecule has 2 heterocycles. The van der Waals surface area contributed by atoms with E-state index in [0.29, 0.717) is 13.2 Å². The molecule has 0 saturated carbocycles. The average molecular weight is 372 g/mol. The number of aromatic nitrogens is 2. The Labute approximate surface area is 159 Å². The molecule has 27 heavy (non-hydrogen) atoms. The minimum Gasteiger partial charge on any atom is -0.491 e. The molecule has 2 aromatic rings. The third kappa shape index (κ3) is 5.72. The maximum atomic E-state index is 12.0. The number of ether oxygens (including phenoxy) is 2. The topological polar surface area (TPSA) is 88.3 Å². The molecule has 2 amide bonds. The van der Waals surface area contributed by atoms with Crippen LogP contribution >= 0.6 is 0 Å². The van der Waals surface area contributed by atoms with Crippen molar-refractivity contribution in [1.82, 2.24) is 15.5 Å². The Balaban J connectivity index is 1.39. The fourth-order valence-corrected chi connectivity index (χ4v) is 3.18. The number of urea groups is 1.